The summed E-state index contributed by atoms with van der Waals surface area (Å²) in [6.45, 7) is 2.85. The Bertz CT molecular complexity index is 1670. The number of thiocarbonyl (C=S) groups is 1. The first-order valence-corrected chi connectivity index (χ1v) is 16.4. The molecule has 0 aliphatic rings. The number of nitrogens with zero attached hydrogens (tertiary/aromatic N) is 1. The number of hydrogen-bond acceptors (Lipinski definition) is 4. The minimum Gasteiger partial charge on any atom is -0.493 e. The SMILES string of the molecule is CC(CCCOc1ccc(-c2ccc(N=C=S)cc2)c(F)c1)CCCOc1ccc(-c2ccc(S(F)(F)(F)(F)F)cc2)c(F)c1. The zero-order valence-electron chi connectivity index (χ0n) is 24.1. The number of rotatable bonds is 14. The van der Waals surface area contributed by atoms with E-state index in [0.29, 0.717) is 48.1 Å². The molecule has 0 radical (unpaired) electrons. The summed E-state index contributed by atoms with van der Waals surface area (Å²) in [5.74, 6) is -0.0956. The lowest BCUT2D eigenvalue weighted by Crippen LogP contribution is -2.05. The first-order valence-electron chi connectivity index (χ1n) is 14.0. The lowest BCUT2D eigenvalue weighted by molar-refractivity contribution is 0.273. The maximum atomic E-state index is 14.7. The lowest BCUT2D eigenvalue weighted by Gasteiger charge is -2.40. The van der Waals surface area contributed by atoms with Gasteiger partial charge in [0, 0.05) is 23.3 Å². The second kappa shape index (κ2) is 13.2. The van der Waals surface area contributed by atoms with E-state index in [9.17, 15) is 28.2 Å². The van der Waals surface area contributed by atoms with E-state index in [2.05, 4.69) is 29.3 Å². The highest BCUT2D eigenvalue weighted by Crippen LogP contribution is 3.02. The second-order valence-electron chi connectivity index (χ2n) is 10.6. The van der Waals surface area contributed by atoms with Gasteiger partial charge in [-0.1, -0.05) is 50.6 Å². The summed E-state index contributed by atoms with van der Waals surface area (Å²) in [5.41, 5.74) is 1.79. The molecular weight excluding hydrogens is 639 g/mol. The smallest absolute Gasteiger partial charge is 0.310 e. The van der Waals surface area contributed by atoms with Crippen LogP contribution in [0.2, 0.25) is 0 Å². The number of halogens is 7. The van der Waals surface area contributed by atoms with Crippen LogP contribution in [0.5, 0.6) is 11.5 Å². The molecule has 0 spiro atoms. The zero-order chi connectivity index (χ0) is 32.7. The highest BCUT2D eigenvalue weighted by atomic mass is 32.5. The van der Waals surface area contributed by atoms with Gasteiger partial charge in [0.1, 0.15) is 28.0 Å². The van der Waals surface area contributed by atoms with Crippen molar-refractivity contribution < 1.29 is 37.7 Å². The number of ether oxygens (including phenoxy) is 2. The van der Waals surface area contributed by atoms with Crippen LogP contribution in [-0.4, -0.2) is 18.4 Å². The zero-order valence-corrected chi connectivity index (χ0v) is 25.8. The Morgan fingerprint density at radius 3 is 1.53 bits per heavy atom. The largest absolute Gasteiger partial charge is 0.493 e. The molecule has 0 heterocycles. The Labute approximate surface area is 262 Å². The normalized spacial score (nSPS) is 13.7. The third-order valence-electron chi connectivity index (χ3n) is 7.06. The van der Waals surface area contributed by atoms with Gasteiger partial charge in [0.05, 0.1) is 24.1 Å². The van der Waals surface area contributed by atoms with Crippen molar-refractivity contribution in [1.29, 1.82) is 0 Å². The fraction of sp³-hybridized carbons (Fsp3) is 0.242. The predicted octanol–water partition coefficient (Wildman–Crippen LogP) is 12.3. The quantitative estimate of drug-likeness (QED) is 0.0579. The Balaban J connectivity index is 1.16. The molecule has 0 amide bonds. The summed E-state index contributed by atoms with van der Waals surface area (Å²) >= 11 is 4.59. The molecule has 1 unspecified atom stereocenters. The van der Waals surface area contributed by atoms with Crippen molar-refractivity contribution in [2.24, 2.45) is 10.9 Å². The van der Waals surface area contributed by atoms with Crippen LogP contribution < -0.4 is 9.47 Å². The van der Waals surface area contributed by atoms with Gasteiger partial charge >= 0.3 is 10.2 Å². The third kappa shape index (κ3) is 9.81. The minimum absolute atomic E-state index is 0.0322. The molecular formula is C33H30F7NO2S2. The van der Waals surface area contributed by atoms with Gasteiger partial charge in [0.25, 0.3) is 0 Å². The molecule has 45 heavy (non-hydrogen) atoms. The summed E-state index contributed by atoms with van der Waals surface area (Å²) in [5, 5.41) is 2.29. The van der Waals surface area contributed by atoms with E-state index in [-0.39, 0.29) is 29.0 Å². The minimum atomic E-state index is -9.80. The first-order chi connectivity index (χ1) is 21.1. The van der Waals surface area contributed by atoms with Crippen molar-refractivity contribution in [1.82, 2.24) is 0 Å². The van der Waals surface area contributed by atoms with E-state index in [1.165, 1.54) is 18.2 Å². The molecule has 1 atom stereocenters. The number of hydrogen-bond donors (Lipinski definition) is 0. The van der Waals surface area contributed by atoms with E-state index in [4.69, 9.17) is 9.47 Å². The highest BCUT2D eigenvalue weighted by Gasteiger charge is 2.65. The molecule has 0 saturated heterocycles. The summed E-state index contributed by atoms with van der Waals surface area (Å²) < 4.78 is 105. The third-order valence-corrected chi connectivity index (χ3v) is 8.32. The average molecular weight is 670 g/mol. The standard InChI is InChI=1S/C33H30F7NO2S2/c1-23(4-2-18-42-27-12-16-30(32(34)20-27)24-6-10-26(11-7-24)41-22-44)5-3-19-43-28-13-17-31(33(35)21-28)25-8-14-29(15-9-25)45(36,37,38,39)40/h6-17,20-21,23H,2-5,18-19H2,1H3. The Hall–Kier alpha value is -3.86. The monoisotopic (exact) mass is 669 g/mol. The van der Waals surface area contributed by atoms with Crippen LogP contribution in [0.1, 0.15) is 32.6 Å². The molecule has 0 aromatic heterocycles. The van der Waals surface area contributed by atoms with Crippen molar-refractivity contribution in [2.45, 2.75) is 37.5 Å². The Kier molecular flexibility index (Phi) is 10.0. The van der Waals surface area contributed by atoms with Crippen LogP contribution in [0.4, 0.5) is 33.9 Å². The van der Waals surface area contributed by atoms with E-state index in [0.717, 1.165) is 37.5 Å². The van der Waals surface area contributed by atoms with Crippen LogP contribution in [0, 0.1) is 17.6 Å². The van der Waals surface area contributed by atoms with Crippen LogP contribution in [0.15, 0.2) is 94.8 Å². The van der Waals surface area contributed by atoms with Crippen molar-refractivity contribution >= 4 is 33.3 Å². The van der Waals surface area contributed by atoms with Crippen molar-refractivity contribution in [3.8, 4) is 33.8 Å². The van der Waals surface area contributed by atoms with E-state index >= 15 is 0 Å². The van der Waals surface area contributed by atoms with Gasteiger partial charge in [-0.3, -0.25) is 0 Å². The highest BCUT2D eigenvalue weighted by molar-refractivity contribution is 8.45. The molecule has 4 aromatic carbocycles. The summed E-state index contributed by atoms with van der Waals surface area (Å²) in [6, 6.07) is 17.8. The van der Waals surface area contributed by atoms with Crippen LogP contribution in [-0.2, 0) is 0 Å². The molecule has 240 valence electrons. The van der Waals surface area contributed by atoms with Crippen LogP contribution >= 0.6 is 22.4 Å². The topological polar surface area (TPSA) is 30.8 Å². The van der Waals surface area contributed by atoms with E-state index < -0.39 is 26.8 Å². The van der Waals surface area contributed by atoms with Gasteiger partial charge in [0.2, 0.25) is 0 Å². The number of aliphatic imine (C=N–C) groups is 1. The number of benzene rings is 4. The molecule has 3 nitrogen and oxygen atoms in total. The van der Waals surface area contributed by atoms with Crippen molar-refractivity contribution in [2.75, 3.05) is 13.2 Å². The first kappa shape index (κ1) is 34.0. The van der Waals surface area contributed by atoms with E-state index in [1.807, 2.05) is 0 Å². The Morgan fingerprint density at radius 2 is 1.13 bits per heavy atom. The Morgan fingerprint density at radius 1 is 0.689 bits per heavy atom. The van der Waals surface area contributed by atoms with Gasteiger partial charge in [-0.15, -0.1) is 0 Å². The summed E-state index contributed by atoms with van der Waals surface area (Å²) in [6.07, 6.45) is 3.19. The predicted molar refractivity (Wildman–Crippen MR) is 168 cm³/mol. The lowest BCUT2D eigenvalue weighted by atomic mass is 10.0. The van der Waals surface area contributed by atoms with Crippen LogP contribution in [0.3, 0.4) is 0 Å². The molecule has 0 saturated carbocycles. The van der Waals surface area contributed by atoms with Crippen LogP contribution in [0.25, 0.3) is 22.3 Å². The van der Waals surface area contributed by atoms with E-state index in [1.54, 1.807) is 36.4 Å². The summed E-state index contributed by atoms with van der Waals surface area (Å²) in [4.78, 5) is 1.86. The average Bonchev–Trinajstić information content (AvgIpc) is 2.97. The van der Waals surface area contributed by atoms with Gasteiger partial charge in [-0.25, -0.2) is 8.78 Å². The molecule has 0 aliphatic heterocycles. The second-order valence-corrected chi connectivity index (χ2v) is 13.2. The molecule has 0 aliphatic carbocycles. The summed E-state index contributed by atoms with van der Waals surface area (Å²) in [7, 11) is -9.80. The molecule has 4 aromatic rings. The molecule has 0 fully saturated rings. The maximum absolute atomic E-state index is 14.7. The van der Waals surface area contributed by atoms with Crippen molar-refractivity contribution in [3.63, 3.8) is 0 Å². The fourth-order valence-corrected chi connectivity index (χ4v) is 5.44. The number of isothiocyanates is 1. The molecule has 0 N–H and O–H groups in total. The van der Waals surface area contributed by atoms with Gasteiger partial charge < -0.3 is 9.47 Å². The van der Waals surface area contributed by atoms with Gasteiger partial charge in [-0.05, 0) is 103 Å². The molecule has 12 heteroatoms. The van der Waals surface area contributed by atoms with Gasteiger partial charge in [-0.2, -0.15) is 4.99 Å². The van der Waals surface area contributed by atoms with Crippen molar-refractivity contribution in [3.05, 3.63) is 96.6 Å². The fourth-order valence-electron chi connectivity index (χ4n) is 4.69. The molecule has 0 bridgehead atoms. The molecule has 4 rings (SSSR count). The van der Waals surface area contributed by atoms with Gasteiger partial charge in [0.15, 0.2) is 0 Å². The maximum Gasteiger partial charge on any atom is 0.310 e.